The molecular formula is C12H14N4O2. The number of hydrogen-bond donors (Lipinski definition) is 1. The van der Waals surface area contributed by atoms with Crippen molar-refractivity contribution >= 4 is 11.6 Å². The van der Waals surface area contributed by atoms with Crippen LogP contribution in [0.5, 0.6) is 0 Å². The number of rotatable bonds is 2. The molecule has 2 aromatic rings. The van der Waals surface area contributed by atoms with Gasteiger partial charge in [-0.2, -0.15) is 0 Å². The molecule has 0 spiro atoms. The predicted octanol–water partition coefficient (Wildman–Crippen LogP) is 0.940. The third-order valence-electron chi connectivity index (χ3n) is 3.15. The molecule has 0 aliphatic carbocycles. The van der Waals surface area contributed by atoms with E-state index in [2.05, 4.69) is 20.1 Å². The van der Waals surface area contributed by atoms with E-state index in [1.54, 1.807) is 22.8 Å². The van der Waals surface area contributed by atoms with E-state index in [0.717, 1.165) is 25.2 Å². The van der Waals surface area contributed by atoms with Crippen LogP contribution in [0, 0.1) is 0 Å². The van der Waals surface area contributed by atoms with E-state index < -0.39 is 0 Å². The third-order valence-corrected chi connectivity index (χ3v) is 3.15. The van der Waals surface area contributed by atoms with Crippen molar-refractivity contribution in [1.82, 2.24) is 19.9 Å². The van der Waals surface area contributed by atoms with Crippen LogP contribution in [0.25, 0.3) is 5.65 Å². The minimum absolute atomic E-state index is 0.228. The second-order valence-electron chi connectivity index (χ2n) is 4.33. The first kappa shape index (κ1) is 11.2. The number of nitrogens with one attached hydrogen (secondary N) is 1. The average Bonchev–Trinajstić information content (AvgIpc) is 3.04. The lowest BCUT2D eigenvalue weighted by molar-refractivity contribution is 0.0600. The first-order valence-corrected chi connectivity index (χ1v) is 5.96. The molecule has 2 aromatic heterocycles. The normalized spacial score (nSPS) is 19.3. The van der Waals surface area contributed by atoms with Crippen LogP contribution in [0.2, 0.25) is 0 Å². The summed E-state index contributed by atoms with van der Waals surface area (Å²) < 4.78 is 6.37. The topological polar surface area (TPSA) is 68.5 Å². The molecule has 0 saturated carbocycles. The van der Waals surface area contributed by atoms with E-state index in [0.29, 0.717) is 11.2 Å². The average molecular weight is 246 g/mol. The quantitative estimate of drug-likeness (QED) is 0.799. The van der Waals surface area contributed by atoms with Gasteiger partial charge < -0.3 is 10.1 Å². The zero-order valence-electron chi connectivity index (χ0n) is 10.1. The van der Waals surface area contributed by atoms with Gasteiger partial charge in [-0.1, -0.05) is 0 Å². The highest BCUT2D eigenvalue weighted by molar-refractivity contribution is 5.90. The fourth-order valence-electron chi connectivity index (χ4n) is 2.20. The van der Waals surface area contributed by atoms with E-state index in [-0.39, 0.29) is 12.0 Å². The molecule has 1 fully saturated rings. The summed E-state index contributed by atoms with van der Waals surface area (Å²) in [7, 11) is 1.37. The molecule has 1 atom stereocenters. The highest BCUT2D eigenvalue weighted by atomic mass is 16.5. The summed E-state index contributed by atoms with van der Waals surface area (Å²) in [5, 5.41) is 7.76. The van der Waals surface area contributed by atoms with E-state index in [1.807, 2.05) is 0 Å². The van der Waals surface area contributed by atoms with Crippen molar-refractivity contribution < 1.29 is 9.53 Å². The second kappa shape index (κ2) is 4.38. The maximum absolute atomic E-state index is 11.4. The number of pyridine rings is 1. The molecule has 1 aliphatic heterocycles. The molecule has 0 radical (unpaired) electrons. The van der Waals surface area contributed by atoms with E-state index in [1.165, 1.54) is 7.11 Å². The van der Waals surface area contributed by atoms with Crippen LogP contribution >= 0.6 is 0 Å². The van der Waals surface area contributed by atoms with Gasteiger partial charge in [0.05, 0.1) is 18.7 Å². The number of carbonyl (C=O) groups excluding carboxylic acids is 1. The fourth-order valence-corrected chi connectivity index (χ4v) is 2.20. The number of carbonyl (C=O) groups is 1. The number of esters is 1. The van der Waals surface area contributed by atoms with Crippen molar-refractivity contribution in [3.05, 3.63) is 29.7 Å². The van der Waals surface area contributed by atoms with Gasteiger partial charge in [-0.05, 0) is 31.5 Å². The molecule has 0 bridgehead atoms. The monoisotopic (exact) mass is 246 g/mol. The number of ether oxygens (including phenoxy) is 1. The minimum atomic E-state index is -0.360. The van der Waals surface area contributed by atoms with Crippen LogP contribution in [-0.4, -0.2) is 34.2 Å². The summed E-state index contributed by atoms with van der Waals surface area (Å²) in [5.41, 5.74) is 1.16. The molecule has 1 unspecified atom stereocenters. The van der Waals surface area contributed by atoms with Crippen LogP contribution in [0.3, 0.4) is 0 Å². The Bertz CT molecular complexity index is 587. The molecule has 6 heteroatoms. The predicted molar refractivity (Wildman–Crippen MR) is 64.3 cm³/mol. The Morgan fingerprint density at radius 3 is 3.22 bits per heavy atom. The standard InChI is InChI=1S/C12H14N4O2/c1-18-12(17)8-4-6-16-10(7-8)14-11(15-16)9-3-2-5-13-9/h4,6-7,9,13H,2-3,5H2,1H3. The first-order chi connectivity index (χ1) is 8.78. The maximum atomic E-state index is 11.4. The lowest BCUT2D eigenvalue weighted by Gasteiger charge is -2.02. The largest absolute Gasteiger partial charge is 0.465 e. The molecule has 1 saturated heterocycles. The second-order valence-corrected chi connectivity index (χ2v) is 4.33. The smallest absolute Gasteiger partial charge is 0.338 e. The summed E-state index contributed by atoms with van der Waals surface area (Å²) in [4.78, 5) is 15.9. The number of fused-ring (bicyclic) bond motifs is 1. The number of methoxy groups -OCH3 is 1. The molecule has 3 rings (SSSR count). The number of aromatic nitrogens is 3. The number of nitrogens with zero attached hydrogens (tertiary/aromatic N) is 3. The van der Waals surface area contributed by atoms with Gasteiger partial charge in [0.1, 0.15) is 0 Å². The zero-order chi connectivity index (χ0) is 12.5. The first-order valence-electron chi connectivity index (χ1n) is 5.96. The summed E-state index contributed by atoms with van der Waals surface area (Å²) in [5.74, 6) is 0.426. The van der Waals surface area contributed by atoms with Crippen LogP contribution < -0.4 is 5.32 Å². The molecule has 1 aliphatic rings. The van der Waals surface area contributed by atoms with Crippen molar-refractivity contribution in [3.8, 4) is 0 Å². The van der Waals surface area contributed by atoms with E-state index in [4.69, 9.17) is 0 Å². The zero-order valence-corrected chi connectivity index (χ0v) is 10.1. The lowest BCUT2D eigenvalue weighted by atomic mass is 10.2. The fraction of sp³-hybridized carbons (Fsp3) is 0.417. The van der Waals surface area contributed by atoms with Gasteiger partial charge in [0.2, 0.25) is 0 Å². The van der Waals surface area contributed by atoms with Gasteiger partial charge in [-0.25, -0.2) is 14.3 Å². The van der Waals surface area contributed by atoms with Crippen molar-refractivity contribution in [2.24, 2.45) is 0 Å². The molecule has 0 amide bonds. The van der Waals surface area contributed by atoms with Crippen molar-refractivity contribution in [2.75, 3.05) is 13.7 Å². The van der Waals surface area contributed by atoms with Crippen molar-refractivity contribution in [1.29, 1.82) is 0 Å². The molecule has 94 valence electrons. The van der Waals surface area contributed by atoms with Gasteiger partial charge in [0.25, 0.3) is 0 Å². The Morgan fingerprint density at radius 1 is 1.61 bits per heavy atom. The van der Waals surface area contributed by atoms with Crippen LogP contribution in [0.15, 0.2) is 18.3 Å². The number of hydrogen-bond acceptors (Lipinski definition) is 5. The van der Waals surface area contributed by atoms with Crippen molar-refractivity contribution in [3.63, 3.8) is 0 Å². The highest BCUT2D eigenvalue weighted by Crippen LogP contribution is 2.20. The summed E-state index contributed by atoms with van der Waals surface area (Å²) in [6.07, 6.45) is 3.93. The van der Waals surface area contributed by atoms with Crippen LogP contribution in [0.4, 0.5) is 0 Å². The Morgan fingerprint density at radius 2 is 2.50 bits per heavy atom. The molecule has 1 N–H and O–H groups in total. The summed E-state index contributed by atoms with van der Waals surface area (Å²) >= 11 is 0. The minimum Gasteiger partial charge on any atom is -0.465 e. The molecular weight excluding hydrogens is 232 g/mol. The maximum Gasteiger partial charge on any atom is 0.338 e. The van der Waals surface area contributed by atoms with E-state index in [9.17, 15) is 4.79 Å². The summed E-state index contributed by atoms with van der Waals surface area (Å²) in [6.45, 7) is 1.01. The van der Waals surface area contributed by atoms with Gasteiger partial charge >= 0.3 is 5.97 Å². The highest BCUT2D eigenvalue weighted by Gasteiger charge is 2.20. The third kappa shape index (κ3) is 1.84. The van der Waals surface area contributed by atoms with Gasteiger partial charge in [0.15, 0.2) is 11.5 Å². The van der Waals surface area contributed by atoms with Crippen LogP contribution in [0.1, 0.15) is 35.1 Å². The Kier molecular flexibility index (Phi) is 2.71. The summed E-state index contributed by atoms with van der Waals surface area (Å²) in [6, 6.07) is 3.60. The molecule has 6 nitrogen and oxygen atoms in total. The Hall–Kier alpha value is -1.95. The van der Waals surface area contributed by atoms with Crippen LogP contribution in [-0.2, 0) is 4.74 Å². The van der Waals surface area contributed by atoms with Gasteiger partial charge in [-0.3, -0.25) is 0 Å². The molecule has 18 heavy (non-hydrogen) atoms. The molecule has 3 heterocycles. The Balaban J connectivity index is 1.98. The van der Waals surface area contributed by atoms with E-state index >= 15 is 0 Å². The van der Waals surface area contributed by atoms with Crippen molar-refractivity contribution in [2.45, 2.75) is 18.9 Å². The van der Waals surface area contributed by atoms with Gasteiger partial charge in [0, 0.05) is 6.20 Å². The SMILES string of the molecule is COC(=O)c1ccn2nc(C3CCCN3)nc2c1. The lowest BCUT2D eigenvalue weighted by Crippen LogP contribution is -2.14. The van der Waals surface area contributed by atoms with Gasteiger partial charge in [-0.15, -0.1) is 5.10 Å². The molecule has 0 aromatic carbocycles. The Labute approximate surface area is 104 Å².